The standard InChI is InChI=1S/C20H23N3O3/c1-5-25-16-13-7-8-20-11-19(20,4)15(24)12(10-21)9-18(20,3)14(13)22-17(23-16)26-6-2/h9H,5-8,11H2,1-4H3/t18-,19?,20+/m1/s1. The molecule has 1 unspecified atom stereocenters. The molecule has 136 valence electrons. The molecule has 1 fully saturated rings. The van der Waals surface area contributed by atoms with Gasteiger partial charge < -0.3 is 9.47 Å². The highest BCUT2D eigenvalue weighted by Crippen LogP contribution is 2.78. The van der Waals surface area contributed by atoms with Crippen molar-refractivity contribution in [1.29, 1.82) is 5.26 Å². The zero-order valence-corrected chi connectivity index (χ0v) is 15.7. The molecule has 6 nitrogen and oxygen atoms in total. The van der Waals surface area contributed by atoms with E-state index in [-0.39, 0.29) is 16.8 Å². The Balaban J connectivity index is 1.97. The number of nitriles is 1. The fraction of sp³-hybridized carbons (Fsp3) is 0.600. The van der Waals surface area contributed by atoms with E-state index in [0.717, 1.165) is 30.5 Å². The lowest BCUT2D eigenvalue weighted by atomic mass is 9.57. The van der Waals surface area contributed by atoms with Crippen LogP contribution < -0.4 is 9.47 Å². The highest BCUT2D eigenvalue weighted by molar-refractivity contribution is 6.07. The molecule has 1 heterocycles. The van der Waals surface area contributed by atoms with Crippen LogP contribution in [0.15, 0.2) is 11.6 Å². The normalized spacial score (nSPS) is 34.0. The maximum absolute atomic E-state index is 12.8. The molecule has 0 bridgehead atoms. The summed E-state index contributed by atoms with van der Waals surface area (Å²) in [5.74, 6) is 0.535. The number of allylic oxidation sites excluding steroid dienone is 2. The van der Waals surface area contributed by atoms with Crippen LogP contribution >= 0.6 is 0 Å². The van der Waals surface area contributed by atoms with E-state index < -0.39 is 10.8 Å². The zero-order chi connectivity index (χ0) is 18.7. The molecule has 0 saturated heterocycles. The Labute approximate surface area is 153 Å². The van der Waals surface area contributed by atoms with Crippen LogP contribution in [0.2, 0.25) is 0 Å². The van der Waals surface area contributed by atoms with Crippen LogP contribution in [0.1, 0.15) is 51.8 Å². The van der Waals surface area contributed by atoms with E-state index >= 15 is 0 Å². The number of nitrogens with zero attached hydrogens (tertiary/aromatic N) is 3. The van der Waals surface area contributed by atoms with Crippen LogP contribution in [0.3, 0.4) is 0 Å². The molecule has 0 amide bonds. The van der Waals surface area contributed by atoms with Gasteiger partial charge in [-0.2, -0.15) is 15.2 Å². The largest absolute Gasteiger partial charge is 0.478 e. The minimum Gasteiger partial charge on any atom is -0.478 e. The Bertz CT molecular complexity index is 887. The topological polar surface area (TPSA) is 85.1 Å². The molecule has 3 aliphatic rings. The first-order valence-electron chi connectivity index (χ1n) is 9.21. The average molecular weight is 353 g/mol. The van der Waals surface area contributed by atoms with Crippen molar-refractivity contribution in [3.63, 3.8) is 0 Å². The highest BCUT2D eigenvalue weighted by atomic mass is 16.5. The number of hydrogen-bond donors (Lipinski definition) is 0. The van der Waals surface area contributed by atoms with E-state index in [0.29, 0.717) is 25.1 Å². The second-order valence-electron chi connectivity index (χ2n) is 7.80. The number of rotatable bonds is 4. The van der Waals surface area contributed by atoms with Gasteiger partial charge in [0, 0.05) is 16.4 Å². The Morgan fingerprint density at radius 1 is 1.23 bits per heavy atom. The number of fused-ring (bicyclic) bond motifs is 2. The molecule has 1 aromatic rings. The van der Waals surface area contributed by atoms with Crippen molar-refractivity contribution in [1.82, 2.24) is 9.97 Å². The number of aromatic nitrogens is 2. The van der Waals surface area contributed by atoms with Crippen molar-refractivity contribution >= 4 is 5.78 Å². The van der Waals surface area contributed by atoms with Crippen molar-refractivity contribution in [3.8, 4) is 18.0 Å². The third-order valence-corrected chi connectivity index (χ3v) is 6.68. The first-order chi connectivity index (χ1) is 12.4. The molecule has 6 heteroatoms. The monoisotopic (exact) mass is 353 g/mol. The smallest absolute Gasteiger partial charge is 0.319 e. The van der Waals surface area contributed by atoms with Gasteiger partial charge in [0.05, 0.1) is 24.5 Å². The third kappa shape index (κ3) is 1.83. The molecule has 4 rings (SSSR count). The van der Waals surface area contributed by atoms with Crippen LogP contribution in [0.4, 0.5) is 0 Å². The summed E-state index contributed by atoms with van der Waals surface area (Å²) in [6.07, 6.45) is 4.26. The second-order valence-corrected chi connectivity index (χ2v) is 7.80. The van der Waals surface area contributed by atoms with Crippen molar-refractivity contribution < 1.29 is 14.3 Å². The van der Waals surface area contributed by atoms with E-state index in [1.54, 1.807) is 0 Å². The quantitative estimate of drug-likeness (QED) is 0.827. The summed E-state index contributed by atoms with van der Waals surface area (Å²) in [6.45, 7) is 8.87. The maximum Gasteiger partial charge on any atom is 0.319 e. The van der Waals surface area contributed by atoms with Gasteiger partial charge >= 0.3 is 6.01 Å². The van der Waals surface area contributed by atoms with Gasteiger partial charge in [-0.15, -0.1) is 0 Å². The molecule has 0 aliphatic heterocycles. The third-order valence-electron chi connectivity index (χ3n) is 6.68. The van der Waals surface area contributed by atoms with Crippen LogP contribution in [0, 0.1) is 22.2 Å². The van der Waals surface area contributed by atoms with Gasteiger partial charge in [-0.1, -0.05) is 13.0 Å². The summed E-state index contributed by atoms with van der Waals surface area (Å²) in [7, 11) is 0. The number of carbonyl (C=O) groups is 1. The van der Waals surface area contributed by atoms with Crippen LogP contribution in [0.5, 0.6) is 11.9 Å². The lowest BCUT2D eigenvalue weighted by molar-refractivity contribution is -0.122. The molecular weight excluding hydrogens is 330 g/mol. The fourth-order valence-electron chi connectivity index (χ4n) is 5.29. The summed E-state index contributed by atoms with van der Waals surface area (Å²) in [5.41, 5.74) is 0.878. The summed E-state index contributed by atoms with van der Waals surface area (Å²) >= 11 is 0. The number of Topliss-reactive ketones (excluding diaryl/α,β-unsaturated/α-hetero) is 1. The van der Waals surface area contributed by atoms with Crippen molar-refractivity contribution in [2.45, 2.75) is 52.4 Å². The first-order valence-corrected chi connectivity index (χ1v) is 9.21. The first kappa shape index (κ1) is 17.0. The van der Waals surface area contributed by atoms with Gasteiger partial charge in [0.2, 0.25) is 5.88 Å². The van der Waals surface area contributed by atoms with E-state index in [1.807, 2.05) is 26.8 Å². The Morgan fingerprint density at radius 2 is 1.96 bits per heavy atom. The van der Waals surface area contributed by atoms with E-state index in [1.165, 1.54) is 0 Å². The van der Waals surface area contributed by atoms with Gasteiger partial charge in [0.25, 0.3) is 0 Å². The van der Waals surface area contributed by atoms with E-state index in [9.17, 15) is 10.1 Å². The lowest BCUT2D eigenvalue weighted by Crippen LogP contribution is -2.46. The summed E-state index contributed by atoms with van der Waals surface area (Å²) in [5, 5.41) is 9.52. The SMILES string of the molecule is CCOc1nc(OCC)c2c(n1)[C@@]1(C)C=C(C#N)C(=O)C3(C)C[C@]31CC2. The van der Waals surface area contributed by atoms with E-state index in [4.69, 9.17) is 14.5 Å². The molecule has 0 radical (unpaired) electrons. The average Bonchev–Trinajstić information content (AvgIpc) is 3.25. The molecule has 0 aromatic carbocycles. The highest BCUT2D eigenvalue weighted by Gasteiger charge is 2.78. The molecule has 26 heavy (non-hydrogen) atoms. The van der Waals surface area contributed by atoms with E-state index in [2.05, 4.69) is 18.0 Å². The minimum atomic E-state index is -0.505. The number of carbonyl (C=O) groups excluding carboxylic acids is 1. The van der Waals surface area contributed by atoms with Gasteiger partial charge in [-0.05, 0) is 45.4 Å². The van der Waals surface area contributed by atoms with Crippen LogP contribution in [0.25, 0.3) is 0 Å². The summed E-state index contributed by atoms with van der Waals surface area (Å²) in [4.78, 5) is 21.9. The van der Waals surface area contributed by atoms with Gasteiger partial charge in [-0.3, -0.25) is 4.79 Å². The van der Waals surface area contributed by atoms with Gasteiger partial charge in [-0.25, -0.2) is 0 Å². The van der Waals surface area contributed by atoms with Crippen molar-refractivity contribution in [2.24, 2.45) is 10.8 Å². The van der Waals surface area contributed by atoms with Crippen molar-refractivity contribution in [3.05, 3.63) is 22.9 Å². The second kappa shape index (κ2) is 5.29. The Hall–Kier alpha value is -2.42. The molecular formula is C20H23N3O3. The Morgan fingerprint density at radius 3 is 2.62 bits per heavy atom. The molecule has 3 atom stereocenters. The predicted molar refractivity (Wildman–Crippen MR) is 93.9 cm³/mol. The van der Waals surface area contributed by atoms with Gasteiger partial charge in [0.1, 0.15) is 6.07 Å². The maximum atomic E-state index is 12.8. The predicted octanol–water partition coefficient (Wildman–Crippen LogP) is 2.91. The Kier molecular flexibility index (Phi) is 3.46. The summed E-state index contributed by atoms with van der Waals surface area (Å²) in [6, 6.07) is 2.40. The molecule has 1 saturated carbocycles. The molecule has 1 spiro atoms. The lowest BCUT2D eigenvalue weighted by Gasteiger charge is -2.45. The number of ether oxygens (including phenoxy) is 2. The van der Waals surface area contributed by atoms with Gasteiger partial charge in [0.15, 0.2) is 5.78 Å². The number of hydrogen-bond acceptors (Lipinski definition) is 6. The minimum absolute atomic E-state index is 0.0231. The zero-order valence-electron chi connectivity index (χ0n) is 15.7. The van der Waals surface area contributed by atoms with Crippen molar-refractivity contribution in [2.75, 3.05) is 13.2 Å². The van der Waals surface area contributed by atoms with Crippen LogP contribution in [-0.2, 0) is 16.6 Å². The molecule has 0 N–H and O–H groups in total. The fourth-order valence-corrected chi connectivity index (χ4v) is 5.29. The molecule has 3 aliphatic carbocycles. The van der Waals surface area contributed by atoms with Crippen LogP contribution in [-0.4, -0.2) is 29.0 Å². The molecule has 1 aromatic heterocycles. The summed E-state index contributed by atoms with van der Waals surface area (Å²) < 4.78 is 11.4. The number of ketones is 1.